The van der Waals surface area contributed by atoms with Gasteiger partial charge in [0.1, 0.15) is 5.54 Å². The quantitative estimate of drug-likeness (QED) is 0.766. The molecule has 0 fully saturated rings. The van der Waals surface area contributed by atoms with Gasteiger partial charge in [0, 0.05) is 6.42 Å². The van der Waals surface area contributed by atoms with Crippen LogP contribution in [-0.4, -0.2) is 37.1 Å². The van der Waals surface area contributed by atoms with E-state index in [1.54, 1.807) is 13.0 Å². The minimum Gasteiger partial charge on any atom is -0.361 e. The van der Waals surface area contributed by atoms with Crippen molar-refractivity contribution in [1.29, 1.82) is 5.26 Å². The Balaban J connectivity index is 4.57. The Bertz CT molecular complexity index is 307. The SMILES string of the molecule is CCNC(C)(C#N)CCOC(C(F)(F)F)C(F)(F)F. The Hall–Kier alpha value is -1.01. The van der Waals surface area contributed by atoms with Gasteiger partial charge in [0.15, 0.2) is 0 Å². The van der Waals surface area contributed by atoms with E-state index < -0.39 is 30.6 Å². The molecule has 0 aromatic rings. The molecule has 0 rings (SSSR count). The number of hydrogen-bond donors (Lipinski definition) is 1. The first-order chi connectivity index (χ1) is 8.46. The molecule has 0 spiro atoms. The van der Waals surface area contributed by atoms with Crippen molar-refractivity contribution >= 4 is 0 Å². The maximum Gasteiger partial charge on any atom is 0.423 e. The van der Waals surface area contributed by atoms with Gasteiger partial charge in [0.05, 0.1) is 12.7 Å². The van der Waals surface area contributed by atoms with E-state index in [2.05, 4.69) is 10.1 Å². The van der Waals surface area contributed by atoms with E-state index in [9.17, 15) is 26.3 Å². The van der Waals surface area contributed by atoms with Crippen molar-refractivity contribution in [3.8, 4) is 6.07 Å². The van der Waals surface area contributed by atoms with Crippen LogP contribution >= 0.6 is 0 Å². The molecule has 0 aliphatic heterocycles. The lowest BCUT2D eigenvalue weighted by Gasteiger charge is -2.26. The van der Waals surface area contributed by atoms with Gasteiger partial charge in [-0.25, -0.2) is 0 Å². The molecule has 0 amide bonds. The van der Waals surface area contributed by atoms with E-state index in [1.807, 2.05) is 0 Å². The van der Waals surface area contributed by atoms with Crippen molar-refractivity contribution in [2.45, 2.75) is 44.3 Å². The summed E-state index contributed by atoms with van der Waals surface area (Å²) in [5.41, 5.74) is -1.23. The van der Waals surface area contributed by atoms with Gasteiger partial charge in [0.25, 0.3) is 0 Å². The molecule has 0 radical (unpaired) electrons. The molecule has 0 saturated heterocycles. The maximum atomic E-state index is 12.1. The number of hydrogen-bond acceptors (Lipinski definition) is 3. The Morgan fingerprint density at radius 3 is 1.95 bits per heavy atom. The first kappa shape index (κ1) is 18.0. The van der Waals surface area contributed by atoms with E-state index in [-0.39, 0.29) is 6.42 Å². The molecule has 1 unspecified atom stereocenters. The number of halogens is 6. The van der Waals surface area contributed by atoms with Crippen molar-refractivity contribution in [2.24, 2.45) is 0 Å². The van der Waals surface area contributed by atoms with Gasteiger partial charge in [-0.1, -0.05) is 6.92 Å². The van der Waals surface area contributed by atoms with Gasteiger partial charge in [-0.3, -0.25) is 5.32 Å². The molecule has 0 aliphatic carbocycles. The lowest BCUT2D eigenvalue weighted by Crippen LogP contribution is -2.46. The molecule has 19 heavy (non-hydrogen) atoms. The van der Waals surface area contributed by atoms with E-state index in [1.165, 1.54) is 6.92 Å². The van der Waals surface area contributed by atoms with Crippen molar-refractivity contribution in [3.63, 3.8) is 0 Å². The second-order valence-corrected chi connectivity index (χ2v) is 4.06. The van der Waals surface area contributed by atoms with Crippen molar-refractivity contribution in [2.75, 3.05) is 13.2 Å². The lowest BCUT2D eigenvalue weighted by molar-refractivity contribution is -0.322. The molecular formula is C10H14F6N2O. The van der Waals surface area contributed by atoms with Gasteiger partial charge in [-0.05, 0) is 13.5 Å². The number of nitrogens with one attached hydrogen (secondary N) is 1. The molecule has 3 nitrogen and oxygen atoms in total. The van der Waals surface area contributed by atoms with Crippen LogP contribution in [0.4, 0.5) is 26.3 Å². The molecule has 0 aromatic heterocycles. The highest BCUT2D eigenvalue weighted by Gasteiger charge is 2.58. The molecule has 0 bridgehead atoms. The fourth-order valence-electron chi connectivity index (χ4n) is 1.33. The summed E-state index contributed by atoms with van der Waals surface area (Å²) in [6, 6.07) is 1.78. The van der Waals surface area contributed by atoms with E-state index in [0.29, 0.717) is 6.54 Å². The Labute approximate surface area is 106 Å². The zero-order valence-corrected chi connectivity index (χ0v) is 10.3. The van der Waals surface area contributed by atoms with Gasteiger partial charge >= 0.3 is 12.4 Å². The third kappa shape index (κ3) is 6.11. The summed E-state index contributed by atoms with van der Waals surface area (Å²) >= 11 is 0. The average Bonchev–Trinajstić information content (AvgIpc) is 2.21. The number of nitriles is 1. The zero-order chi connectivity index (χ0) is 15.3. The summed E-state index contributed by atoms with van der Waals surface area (Å²) in [6.07, 6.45) is -15.2. The molecule has 1 N–H and O–H groups in total. The lowest BCUT2D eigenvalue weighted by atomic mass is 10.0. The summed E-state index contributed by atoms with van der Waals surface area (Å²) < 4.78 is 76.7. The predicted molar refractivity (Wildman–Crippen MR) is 54.2 cm³/mol. The smallest absolute Gasteiger partial charge is 0.361 e. The van der Waals surface area contributed by atoms with Crippen LogP contribution in [0.5, 0.6) is 0 Å². The predicted octanol–water partition coefficient (Wildman–Crippen LogP) is 2.78. The maximum absolute atomic E-state index is 12.1. The third-order valence-corrected chi connectivity index (χ3v) is 2.29. The van der Waals surface area contributed by atoms with Crippen LogP contribution in [0, 0.1) is 11.3 Å². The first-order valence-corrected chi connectivity index (χ1v) is 5.37. The molecule has 0 aromatic carbocycles. The van der Waals surface area contributed by atoms with Crippen molar-refractivity contribution < 1.29 is 31.1 Å². The van der Waals surface area contributed by atoms with Gasteiger partial charge < -0.3 is 4.74 Å². The van der Waals surface area contributed by atoms with Crippen molar-refractivity contribution in [1.82, 2.24) is 5.32 Å². The fraction of sp³-hybridized carbons (Fsp3) is 0.900. The summed E-state index contributed by atoms with van der Waals surface area (Å²) in [5, 5.41) is 11.4. The van der Waals surface area contributed by atoms with Crippen LogP contribution in [0.25, 0.3) is 0 Å². The van der Waals surface area contributed by atoms with Crippen LogP contribution in [0.2, 0.25) is 0 Å². The third-order valence-electron chi connectivity index (χ3n) is 2.29. The van der Waals surface area contributed by atoms with Gasteiger partial charge in [-0.15, -0.1) is 0 Å². The minimum atomic E-state index is -5.53. The highest BCUT2D eigenvalue weighted by Crippen LogP contribution is 2.35. The molecule has 1 atom stereocenters. The second kappa shape index (κ2) is 6.43. The number of nitrogens with zero attached hydrogens (tertiary/aromatic N) is 1. The minimum absolute atomic E-state index is 0.292. The zero-order valence-electron chi connectivity index (χ0n) is 10.3. The highest BCUT2D eigenvalue weighted by molar-refractivity contribution is 5.03. The topological polar surface area (TPSA) is 45.0 Å². The number of alkyl halides is 6. The average molecular weight is 292 g/mol. The Morgan fingerprint density at radius 1 is 1.16 bits per heavy atom. The highest BCUT2D eigenvalue weighted by atomic mass is 19.4. The monoisotopic (exact) mass is 292 g/mol. The molecule has 0 saturated carbocycles. The van der Waals surface area contributed by atoms with E-state index in [0.717, 1.165) is 0 Å². The summed E-state index contributed by atoms with van der Waals surface area (Å²) in [5.74, 6) is 0. The summed E-state index contributed by atoms with van der Waals surface area (Å²) in [6.45, 7) is 2.55. The second-order valence-electron chi connectivity index (χ2n) is 4.06. The molecule has 0 aliphatic rings. The largest absolute Gasteiger partial charge is 0.423 e. The molecule has 9 heteroatoms. The Kier molecular flexibility index (Phi) is 6.09. The van der Waals surface area contributed by atoms with Crippen molar-refractivity contribution in [3.05, 3.63) is 0 Å². The fourth-order valence-corrected chi connectivity index (χ4v) is 1.33. The van der Waals surface area contributed by atoms with E-state index in [4.69, 9.17) is 5.26 Å². The number of ether oxygens (including phenoxy) is 1. The van der Waals surface area contributed by atoms with Crippen LogP contribution in [0.15, 0.2) is 0 Å². The number of rotatable bonds is 6. The molecular weight excluding hydrogens is 278 g/mol. The standard InChI is InChI=1S/C10H14F6N2O/c1-3-18-8(2,6-17)4-5-19-7(9(11,12)13)10(14,15)16/h7,18H,3-5H2,1-2H3. The molecule has 0 heterocycles. The van der Waals surface area contributed by atoms with Crippen LogP contribution in [0.3, 0.4) is 0 Å². The van der Waals surface area contributed by atoms with E-state index >= 15 is 0 Å². The van der Waals surface area contributed by atoms with Crippen LogP contribution in [0.1, 0.15) is 20.3 Å². The van der Waals surface area contributed by atoms with Gasteiger partial charge in [0.2, 0.25) is 6.10 Å². The molecule has 112 valence electrons. The summed E-state index contributed by atoms with van der Waals surface area (Å²) in [7, 11) is 0. The van der Waals surface area contributed by atoms with Crippen LogP contribution < -0.4 is 5.32 Å². The van der Waals surface area contributed by atoms with Gasteiger partial charge in [-0.2, -0.15) is 31.6 Å². The normalized spacial score (nSPS) is 16.2. The Morgan fingerprint density at radius 2 is 1.63 bits per heavy atom. The van der Waals surface area contributed by atoms with Crippen LogP contribution in [-0.2, 0) is 4.74 Å². The first-order valence-electron chi connectivity index (χ1n) is 5.37. The summed E-state index contributed by atoms with van der Waals surface area (Å²) in [4.78, 5) is 0.